The minimum absolute atomic E-state index is 0.000875. The highest BCUT2D eigenvalue weighted by atomic mass is 16.3. The number of carbonyl (C=O) groups excluding carboxylic acids is 1. The third-order valence-corrected chi connectivity index (χ3v) is 4.43. The summed E-state index contributed by atoms with van der Waals surface area (Å²) in [6, 6.07) is 11.9. The number of carbonyl (C=O) groups is 1. The Balaban J connectivity index is 2.13. The zero-order valence-electron chi connectivity index (χ0n) is 13.2. The van der Waals surface area contributed by atoms with Crippen molar-refractivity contribution in [1.29, 1.82) is 0 Å². The zero-order chi connectivity index (χ0) is 15.9. The molecule has 114 valence electrons. The number of amides is 1. The van der Waals surface area contributed by atoms with E-state index in [1.807, 2.05) is 44.2 Å². The van der Waals surface area contributed by atoms with Gasteiger partial charge in [0.2, 0.25) is 5.91 Å². The molecule has 0 aliphatic carbocycles. The lowest BCUT2D eigenvalue weighted by Gasteiger charge is -2.17. The third-order valence-electron chi connectivity index (χ3n) is 4.43. The maximum atomic E-state index is 12.0. The number of benzene rings is 2. The van der Waals surface area contributed by atoms with Crippen molar-refractivity contribution in [3.8, 4) is 0 Å². The predicted molar refractivity (Wildman–Crippen MR) is 88.1 cm³/mol. The van der Waals surface area contributed by atoms with Gasteiger partial charge in [-0.25, -0.2) is 0 Å². The molecule has 3 heteroatoms. The second-order valence-corrected chi connectivity index (χ2v) is 6.03. The summed E-state index contributed by atoms with van der Waals surface area (Å²) in [7, 11) is 0. The zero-order valence-corrected chi connectivity index (χ0v) is 13.2. The van der Waals surface area contributed by atoms with E-state index in [0.29, 0.717) is 0 Å². The number of aliphatic hydroxyl groups is 1. The molecule has 0 bridgehead atoms. The molecule has 0 saturated carbocycles. The third kappa shape index (κ3) is 2.42. The van der Waals surface area contributed by atoms with Gasteiger partial charge in [-0.05, 0) is 37.0 Å². The SMILES string of the molecule is CCc1cc2c(c(C(O)c3cccc(C)c3)c1)NC(=O)C2C. The van der Waals surface area contributed by atoms with Gasteiger partial charge in [-0.15, -0.1) is 0 Å². The Morgan fingerprint density at radius 2 is 2.05 bits per heavy atom. The van der Waals surface area contributed by atoms with E-state index in [1.165, 1.54) is 0 Å². The molecule has 3 nitrogen and oxygen atoms in total. The molecule has 0 aromatic heterocycles. The molecule has 0 saturated heterocycles. The first-order chi connectivity index (χ1) is 10.5. The van der Waals surface area contributed by atoms with E-state index in [4.69, 9.17) is 0 Å². The Bertz CT molecular complexity index is 736. The first-order valence-corrected chi connectivity index (χ1v) is 7.73. The molecular weight excluding hydrogens is 274 g/mol. The topological polar surface area (TPSA) is 49.3 Å². The van der Waals surface area contributed by atoms with Gasteiger partial charge in [0, 0.05) is 5.56 Å². The van der Waals surface area contributed by atoms with Gasteiger partial charge in [0.15, 0.2) is 0 Å². The number of hydrogen-bond acceptors (Lipinski definition) is 2. The molecule has 0 radical (unpaired) electrons. The van der Waals surface area contributed by atoms with E-state index in [1.54, 1.807) is 0 Å². The number of hydrogen-bond donors (Lipinski definition) is 2. The van der Waals surface area contributed by atoms with Gasteiger partial charge in [0.05, 0.1) is 11.6 Å². The number of rotatable bonds is 3. The molecule has 1 aliphatic rings. The maximum Gasteiger partial charge on any atom is 0.231 e. The fourth-order valence-electron chi connectivity index (χ4n) is 3.05. The van der Waals surface area contributed by atoms with E-state index in [0.717, 1.165) is 39.9 Å². The maximum absolute atomic E-state index is 12.0. The van der Waals surface area contributed by atoms with Crippen LogP contribution in [0.1, 0.15) is 53.7 Å². The van der Waals surface area contributed by atoms with Gasteiger partial charge in [-0.3, -0.25) is 4.79 Å². The van der Waals surface area contributed by atoms with Crippen molar-refractivity contribution < 1.29 is 9.90 Å². The number of anilines is 1. The molecular formula is C19H21NO2. The standard InChI is InChI=1S/C19H21NO2/c1-4-13-9-15-12(3)19(22)20-17(15)16(10-13)18(21)14-7-5-6-11(2)8-14/h5-10,12,18,21H,4H2,1-3H3,(H,20,22). The smallest absolute Gasteiger partial charge is 0.231 e. The molecule has 2 aromatic rings. The van der Waals surface area contributed by atoms with Gasteiger partial charge in [0.25, 0.3) is 0 Å². The summed E-state index contributed by atoms with van der Waals surface area (Å²) < 4.78 is 0. The molecule has 2 aromatic carbocycles. The summed E-state index contributed by atoms with van der Waals surface area (Å²) in [6.07, 6.45) is 0.146. The fraction of sp³-hybridized carbons (Fsp3) is 0.316. The Hall–Kier alpha value is -2.13. The van der Waals surface area contributed by atoms with Gasteiger partial charge < -0.3 is 10.4 Å². The summed E-state index contributed by atoms with van der Waals surface area (Å²) in [5.74, 6) is -0.161. The van der Waals surface area contributed by atoms with Crippen molar-refractivity contribution in [1.82, 2.24) is 0 Å². The second-order valence-electron chi connectivity index (χ2n) is 6.03. The number of aryl methyl sites for hydroxylation is 2. The van der Waals surface area contributed by atoms with Crippen molar-refractivity contribution in [3.63, 3.8) is 0 Å². The van der Waals surface area contributed by atoms with Crippen LogP contribution in [0.4, 0.5) is 5.69 Å². The molecule has 22 heavy (non-hydrogen) atoms. The van der Waals surface area contributed by atoms with E-state index < -0.39 is 6.10 Å². The minimum Gasteiger partial charge on any atom is -0.384 e. The largest absolute Gasteiger partial charge is 0.384 e. The normalized spacial score (nSPS) is 18.0. The highest BCUT2D eigenvalue weighted by Crippen LogP contribution is 2.40. The molecule has 1 amide bonds. The van der Waals surface area contributed by atoms with Crippen LogP contribution in [0.2, 0.25) is 0 Å². The Labute approximate surface area is 131 Å². The molecule has 2 N–H and O–H groups in total. The summed E-state index contributed by atoms with van der Waals surface area (Å²) in [5.41, 5.74) is 5.66. The monoisotopic (exact) mass is 295 g/mol. The van der Waals surface area contributed by atoms with Gasteiger partial charge in [-0.1, -0.05) is 48.9 Å². The first kappa shape index (κ1) is 14.8. The Kier molecular flexibility index (Phi) is 3.75. The van der Waals surface area contributed by atoms with Gasteiger partial charge in [0.1, 0.15) is 6.10 Å². The first-order valence-electron chi connectivity index (χ1n) is 7.73. The van der Waals surface area contributed by atoms with Crippen molar-refractivity contribution in [2.24, 2.45) is 0 Å². The second kappa shape index (κ2) is 5.58. The van der Waals surface area contributed by atoms with E-state index in [-0.39, 0.29) is 11.8 Å². The fourth-order valence-corrected chi connectivity index (χ4v) is 3.05. The van der Waals surface area contributed by atoms with Crippen LogP contribution >= 0.6 is 0 Å². The van der Waals surface area contributed by atoms with Crippen molar-refractivity contribution in [2.75, 3.05) is 5.32 Å². The molecule has 1 aliphatic heterocycles. The number of aliphatic hydroxyl groups excluding tert-OH is 1. The summed E-state index contributed by atoms with van der Waals surface area (Å²) >= 11 is 0. The number of nitrogens with one attached hydrogen (secondary N) is 1. The van der Waals surface area contributed by atoms with Crippen LogP contribution in [0.5, 0.6) is 0 Å². The van der Waals surface area contributed by atoms with E-state index >= 15 is 0 Å². The van der Waals surface area contributed by atoms with Crippen LogP contribution in [-0.2, 0) is 11.2 Å². The van der Waals surface area contributed by atoms with E-state index in [2.05, 4.69) is 18.3 Å². The molecule has 1 heterocycles. The van der Waals surface area contributed by atoms with Gasteiger partial charge in [-0.2, -0.15) is 0 Å². The van der Waals surface area contributed by atoms with Crippen LogP contribution in [0.25, 0.3) is 0 Å². The highest BCUT2D eigenvalue weighted by Gasteiger charge is 2.31. The van der Waals surface area contributed by atoms with Crippen LogP contribution in [0, 0.1) is 6.92 Å². The van der Waals surface area contributed by atoms with Crippen LogP contribution in [0.3, 0.4) is 0 Å². The van der Waals surface area contributed by atoms with Gasteiger partial charge >= 0.3 is 0 Å². The van der Waals surface area contributed by atoms with Crippen LogP contribution in [-0.4, -0.2) is 11.0 Å². The van der Waals surface area contributed by atoms with Crippen molar-refractivity contribution in [2.45, 2.75) is 39.2 Å². The Morgan fingerprint density at radius 1 is 1.27 bits per heavy atom. The summed E-state index contributed by atoms with van der Waals surface area (Å²) in [4.78, 5) is 12.0. The molecule has 2 atom stereocenters. The van der Waals surface area contributed by atoms with E-state index in [9.17, 15) is 9.90 Å². The average molecular weight is 295 g/mol. The lowest BCUT2D eigenvalue weighted by molar-refractivity contribution is -0.116. The molecule has 0 fully saturated rings. The quantitative estimate of drug-likeness (QED) is 0.907. The average Bonchev–Trinajstić information content (AvgIpc) is 2.81. The molecule has 0 spiro atoms. The predicted octanol–water partition coefficient (Wildman–Crippen LogP) is 3.69. The summed E-state index contributed by atoms with van der Waals surface area (Å²) in [5, 5.41) is 13.8. The van der Waals surface area contributed by atoms with Crippen molar-refractivity contribution >= 4 is 11.6 Å². The van der Waals surface area contributed by atoms with Crippen LogP contribution in [0.15, 0.2) is 36.4 Å². The van der Waals surface area contributed by atoms with Crippen molar-refractivity contribution in [3.05, 3.63) is 64.2 Å². The lowest BCUT2D eigenvalue weighted by Crippen LogP contribution is -2.10. The highest BCUT2D eigenvalue weighted by molar-refractivity contribution is 6.03. The lowest BCUT2D eigenvalue weighted by atomic mass is 9.91. The van der Waals surface area contributed by atoms with Crippen LogP contribution < -0.4 is 5.32 Å². The minimum atomic E-state index is -0.731. The molecule has 2 unspecified atom stereocenters. The summed E-state index contributed by atoms with van der Waals surface area (Å²) in [6.45, 7) is 6.00. The molecule has 3 rings (SSSR count). The Morgan fingerprint density at radius 3 is 2.73 bits per heavy atom. The number of fused-ring (bicyclic) bond motifs is 1.